The molecule has 0 spiro atoms. The van der Waals surface area contributed by atoms with E-state index in [1.807, 2.05) is 25.5 Å². The molecule has 3 rings (SSSR count). The summed E-state index contributed by atoms with van der Waals surface area (Å²) < 4.78 is 7.90. The quantitative estimate of drug-likeness (QED) is 0.786. The zero-order chi connectivity index (χ0) is 18.2. The first-order chi connectivity index (χ1) is 11.7. The molecule has 1 saturated carbocycles. The van der Waals surface area contributed by atoms with Crippen LogP contribution in [0.1, 0.15) is 52.5 Å². The molecule has 2 aromatic heterocycles. The highest BCUT2D eigenvalue weighted by atomic mass is 79.9. The Morgan fingerprint density at radius 1 is 1.32 bits per heavy atom. The van der Waals surface area contributed by atoms with Gasteiger partial charge < -0.3 is 15.8 Å². The second kappa shape index (κ2) is 6.78. The Kier molecular flexibility index (Phi) is 4.86. The monoisotopic (exact) mass is 410 g/mol. The molecule has 0 radical (unpaired) electrons. The first kappa shape index (κ1) is 17.9. The second-order valence-electron chi connectivity index (χ2n) is 7.34. The lowest BCUT2D eigenvalue weighted by molar-refractivity contribution is 0.0487. The highest BCUT2D eigenvalue weighted by Crippen LogP contribution is 2.34. The van der Waals surface area contributed by atoms with Crippen molar-refractivity contribution >= 4 is 38.9 Å². The highest BCUT2D eigenvalue weighted by molar-refractivity contribution is 9.10. The fraction of sp³-hybridized carbons (Fsp3) is 0.625. The number of anilines is 1. The topological polar surface area (TPSA) is 108 Å². The van der Waals surface area contributed by atoms with Gasteiger partial charge in [0.2, 0.25) is 0 Å². The molecule has 25 heavy (non-hydrogen) atoms. The summed E-state index contributed by atoms with van der Waals surface area (Å²) in [7, 11) is 0. The van der Waals surface area contributed by atoms with Crippen LogP contribution in [0.25, 0.3) is 11.0 Å². The fourth-order valence-corrected chi connectivity index (χ4v) is 3.70. The standard InChI is InChI=1S/C16H23BrN6O2/c1-16(2,3)25-15(24)21-9-4-6-10(7-5-9)23-14-11(12(17)22-23)13(18)19-8-20-14/h8-10H,4-7H2,1-3H3,(H,21,24)(H2,18,19,20)/t9-,10+. The summed E-state index contributed by atoms with van der Waals surface area (Å²) in [6.07, 6.45) is 4.62. The lowest BCUT2D eigenvalue weighted by Gasteiger charge is -2.30. The third-order valence-electron chi connectivity index (χ3n) is 4.24. The van der Waals surface area contributed by atoms with Crippen molar-refractivity contribution < 1.29 is 9.53 Å². The fourth-order valence-electron chi connectivity index (χ4n) is 3.15. The summed E-state index contributed by atoms with van der Waals surface area (Å²) in [5.41, 5.74) is 6.19. The number of amides is 1. The van der Waals surface area contributed by atoms with E-state index in [2.05, 4.69) is 36.3 Å². The van der Waals surface area contributed by atoms with Crippen LogP contribution in [0.4, 0.5) is 10.6 Å². The van der Waals surface area contributed by atoms with Gasteiger partial charge in [0.25, 0.3) is 0 Å². The van der Waals surface area contributed by atoms with Gasteiger partial charge in [-0.05, 0) is 62.4 Å². The second-order valence-corrected chi connectivity index (χ2v) is 8.10. The van der Waals surface area contributed by atoms with Crippen molar-refractivity contribution in [1.29, 1.82) is 0 Å². The number of hydrogen-bond donors (Lipinski definition) is 2. The van der Waals surface area contributed by atoms with E-state index in [4.69, 9.17) is 10.5 Å². The lowest BCUT2D eigenvalue weighted by Crippen LogP contribution is -2.41. The van der Waals surface area contributed by atoms with Crippen LogP contribution in [0.2, 0.25) is 0 Å². The predicted molar refractivity (Wildman–Crippen MR) is 98.1 cm³/mol. The van der Waals surface area contributed by atoms with Crippen LogP contribution in [-0.4, -0.2) is 37.5 Å². The summed E-state index contributed by atoms with van der Waals surface area (Å²) in [6.45, 7) is 5.58. The third kappa shape index (κ3) is 4.02. The van der Waals surface area contributed by atoms with Crippen LogP contribution in [0.5, 0.6) is 0 Å². The van der Waals surface area contributed by atoms with E-state index in [-0.39, 0.29) is 18.2 Å². The van der Waals surface area contributed by atoms with Gasteiger partial charge in [0.05, 0.1) is 11.4 Å². The maximum atomic E-state index is 11.9. The number of nitrogens with zero attached hydrogens (tertiary/aromatic N) is 4. The van der Waals surface area contributed by atoms with Crippen molar-refractivity contribution in [1.82, 2.24) is 25.1 Å². The van der Waals surface area contributed by atoms with Gasteiger partial charge in [-0.25, -0.2) is 19.4 Å². The average Bonchev–Trinajstić information content (AvgIpc) is 2.84. The van der Waals surface area contributed by atoms with Gasteiger partial charge in [-0.3, -0.25) is 0 Å². The summed E-state index contributed by atoms with van der Waals surface area (Å²) in [4.78, 5) is 20.3. The molecule has 0 unspecified atom stereocenters. The Hall–Kier alpha value is -1.90. The van der Waals surface area contributed by atoms with Gasteiger partial charge in [-0.1, -0.05) is 0 Å². The molecule has 1 fully saturated rings. The lowest BCUT2D eigenvalue weighted by atomic mass is 9.91. The molecule has 2 heterocycles. The minimum Gasteiger partial charge on any atom is -0.444 e. The number of ether oxygens (including phenoxy) is 1. The van der Waals surface area contributed by atoms with Gasteiger partial charge in [0, 0.05) is 6.04 Å². The molecule has 3 N–H and O–H groups in total. The van der Waals surface area contributed by atoms with Crippen LogP contribution < -0.4 is 11.1 Å². The Balaban J connectivity index is 1.65. The van der Waals surface area contributed by atoms with Crippen molar-refractivity contribution in [2.45, 2.75) is 64.1 Å². The van der Waals surface area contributed by atoms with Crippen molar-refractivity contribution in [3.05, 3.63) is 10.9 Å². The Labute approximate surface area is 154 Å². The molecule has 9 heteroatoms. The largest absolute Gasteiger partial charge is 0.444 e. The molecule has 136 valence electrons. The van der Waals surface area contributed by atoms with Crippen molar-refractivity contribution in [2.24, 2.45) is 0 Å². The van der Waals surface area contributed by atoms with Crippen LogP contribution in [-0.2, 0) is 4.74 Å². The van der Waals surface area contributed by atoms with Crippen LogP contribution in [0, 0.1) is 0 Å². The third-order valence-corrected chi connectivity index (χ3v) is 4.79. The normalized spacial score (nSPS) is 21.3. The van der Waals surface area contributed by atoms with Gasteiger partial charge in [0.15, 0.2) is 5.65 Å². The molecule has 0 aromatic carbocycles. The number of aromatic nitrogens is 4. The number of nitrogen functional groups attached to an aromatic ring is 1. The van der Waals surface area contributed by atoms with E-state index in [0.29, 0.717) is 10.4 Å². The van der Waals surface area contributed by atoms with Gasteiger partial charge in [-0.15, -0.1) is 0 Å². The Bertz CT molecular complexity index is 777. The number of nitrogens with two attached hydrogens (primary N) is 1. The van der Waals surface area contributed by atoms with Crippen LogP contribution in [0.3, 0.4) is 0 Å². The van der Waals surface area contributed by atoms with Crippen molar-refractivity contribution in [3.8, 4) is 0 Å². The SMILES string of the molecule is CC(C)(C)OC(=O)N[C@H]1CC[C@@H](n2nc(Br)c3c(N)ncnc32)CC1. The predicted octanol–water partition coefficient (Wildman–Crippen LogP) is 3.18. The van der Waals surface area contributed by atoms with Crippen LogP contribution >= 0.6 is 15.9 Å². The summed E-state index contributed by atoms with van der Waals surface area (Å²) in [5, 5.41) is 8.25. The van der Waals surface area contributed by atoms with E-state index in [9.17, 15) is 4.79 Å². The molecule has 1 aliphatic carbocycles. The molecule has 2 aromatic rings. The van der Waals surface area contributed by atoms with Gasteiger partial charge >= 0.3 is 6.09 Å². The molecular formula is C16H23BrN6O2. The molecule has 0 atom stereocenters. The molecule has 8 nitrogen and oxygen atoms in total. The summed E-state index contributed by atoms with van der Waals surface area (Å²) in [6, 6.07) is 0.343. The molecular weight excluding hydrogens is 388 g/mol. The molecule has 0 bridgehead atoms. The first-order valence-electron chi connectivity index (χ1n) is 8.38. The van der Waals surface area contributed by atoms with Gasteiger partial charge in [-0.2, -0.15) is 5.10 Å². The minimum absolute atomic E-state index is 0.121. The van der Waals surface area contributed by atoms with Gasteiger partial charge in [0.1, 0.15) is 22.3 Å². The van der Waals surface area contributed by atoms with E-state index in [0.717, 1.165) is 36.7 Å². The number of fused-ring (bicyclic) bond motifs is 1. The van der Waals surface area contributed by atoms with Crippen molar-refractivity contribution in [2.75, 3.05) is 5.73 Å². The average molecular weight is 411 g/mol. The molecule has 0 saturated heterocycles. The molecule has 0 aliphatic heterocycles. The zero-order valence-corrected chi connectivity index (χ0v) is 16.2. The smallest absolute Gasteiger partial charge is 0.407 e. The number of rotatable bonds is 2. The summed E-state index contributed by atoms with van der Waals surface area (Å²) in [5.74, 6) is 0.420. The Morgan fingerprint density at radius 2 is 2.00 bits per heavy atom. The number of carbonyl (C=O) groups excluding carboxylic acids is 1. The number of halogens is 1. The van der Waals surface area contributed by atoms with E-state index in [1.54, 1.807) is 0 Å². The Morgan fingerprint density at radius 3 is 2.64 bits per heavy atom. The zero-order valence-electron chi connectivity index (χ0n) is 14.6. The van der Waals surface area contributed by atoms with E-state index >= 15 is 0 Å². The maximum Gasteiger partial charge on any atom is 0.407 e. The van der Waals surface area contributed by atoms with Crippen LogP contribution in [0.15, 0.2) is 10.9 Å². The number of carbonyl (C=O) groups is 1. The highest BCUT2D eigenvalue weighted by Gasteiger charge is 2.28. The molecule has 1 aliphatic rings. The van der Waals surface area contributed by atoms with Crippen molar-refractivity contribution in [3.63, 3.8) is 0 Å². The molecule has 1 amide bonds. The number of alkyl carbamates (subject to hydrolysis) is 1. The first-order valence-corrected chi connectivity index (χ1v) is 9.17. The maximum absolute atomic E-state index is 11.9. The minimum atomic E-state index is -0.485. The number of nitrogens with one attached hydrogen (secondary N) is 1. The number of hydrogen-bond acceptors (Lipinski definition) is 6. The van der Waals surface area contributed by atoms with E-state index in [1.165, 1.54) is 6.33 Å². The summed E-state index contributed by atoms with van der Waals surface area (Å²) >= 11 is 3.44. The van der Waals surface area contributed by atoms with E-state index < -0.39 is 5.60 Å².